The summed E-state index contributed by atoms with van der Waals surface area (Å²) in [4.78, 5) is 0.586. The van der Waals surface area contributed by atoms with Gasteiger partial charge in [0, 0.05) is 0 Å². The van der Waals surface area contributed by atoms with Crippen molar-refractivity contribution in [3.63, 3.8) is 0 Å². The lowest BCUT2D eigenvalue weighted by Crippen LogP contribution is -2.24. The van der Waals surface area contributed by atoms with Crippen LogP contribution in [0.2, 0.25) is 0 Å². The van der Waals surface area contributed by atoms with Gasteiger partial charge in [-0.2, -0.15) is 13.7 Å². The molecule has 0 saturated heterocycles. The second-order valence-electron chi connectivity index (χ2n) is 6.89. The van der Waals surface area contributed by atoms with Crippen LogP contribution in [0.5, 0.6) is 0 Å². The third-order valence-corrected chi connectivity index (χ3v) is 7.60. The summed E-state index contributed by atoms with van der Waals surface area (Å²) in [5.74, 6) is 0.545. The average molecular weight is 421 g/mol. The van der Waals surface area contributed by atoms with Crippen molar-refractivity contribution < 1.29 is 12.6 Å². The van der Waals surface area contributed by atoms with E-state index in [0.717, 1.165) is 30.4 Å². The summed E-state index contributed by atoms with van der Waals surface area (Å²) < 4.78 is 31.1. The van der Waals surface area contributed by atoms with E-state index in [1.807, 2.05) is 45.0 Å². The first-order valence-corrected chi connectivity index (χ1v) is 12.1. The van der Waals surface area contributed by atoms with Gasteiger partial charge >= 0.3 is 10.1 Å². The highest BCUT2D eigenvalue weighted by atomic mass is 32.2. The summed E-state index contributed by atoms with van der Waals surface area (Å²) in [6.07, 6.45) is 3.70. The molecule has 0 saturated carbocycles. The van der Waals surface area contributed by atoms with E-state index in [1.54, 1.807) is 0 Å². The minimum Gasteiger partial charge on any atom is -0.395 e. The topological polar surface area (TPSA) is 93.2 Å². The third-order valence-electron chi connectivity index (χ3n) is 4.76. The number of hydrogen-bond donors (Lipinski definition) is 1. The van der Waals surface area contributed by atoms with E-state index >= 15 is 0 Å². The van der Waals surface area contributed by atoms with Gasteiger partial charge in [-0.25, -0.2) is 0 Å². The van der Waals surface area contributed by atoms with Crippen LogP contribution in [0.15, 0.2) is 40.6 Å². The zero-order valence-electron chi connectivity index (χ0n) is 16.7. The smallest absolute Gasteiger partial charge is 0.311 e. The first-order valence-electron chi connectivity index (χ1n) is 9.61. The minimum absolute atomic E-state index is 0.235. The second kappa shape index (κ2) is 10.0. The van der Waals surface area contributed by atoms with E-state index < -0.39 is 15.4 Å². The molecule has 1 aromatic rings. The van der Waals surface area contributed by atoms with Gasteiger partial charge in [-0.1, -0.05) is 57.4 Å². The number of thioether (sulfide) groups is 1. The van der Waals surface area contributed by atoms with Gasteiger partial charge < -0.3 is 9.92 Å². The molecule has 1 aromatic carbocycles. The van der Waals surface area contributed by atoms with Crippen molar-refractivity contribution in [2.75, 3.05) is 5.75 Å². The number of hydrogen-bond acceptors (Lipinski definition) is 6. The van der Waals surface area contributed by atoms with E-state index in [4.69, 9.17) is 9.92 Å². The van der Waals surface area contributed by atoms with Gasteiger partial charge in [0.05, 0.1) is 27.2 Å². The molecule has 1 unspecified atom stereocenters. The zero-order valence-corrected chi connectivity index (χ0v) is 18.3. The summed E-state index contributed by atoms with van der Waals surface area (Å²) in [6.45, 7) is 5.93. The number of rotatable bonds is 9. The van der Waals surface area contributed by atoms with Crippen molar-refractivity contribution in [2.45, 2.75) is 58.1 Å². The van der Waals surface area contributed by atoms with E-state index in [0.29, 0.717) is 29.1 Å². The average Bonchev–Trinajstić information content (AvgIpc) is 3.01. The molecule has 0 amide bonds. The fourth-order valence-electron chi connectivity index (χ4n) is 3.18. The van der Waals surface area contributed by atoms with Crippen molar-refractivity contribution in [3.8, 4) is 6.07 Å². The standard InChI is InChI=1S/C21H28N2O3S2/c1-4-6-11-16(9-5-2)28(24,25)26-19-14-27-21(20(19)23)18(13-22)17-12-8-7-10-15(17)3/h7-8,10,12,16H,4-6,9,11,14,23H2,1-3H3. The van der Waals surface area contributed by atoms with Gasteiger partial charge in [0.25, 0.3) is 0 Å². The molecule has 5 nitrogen and oxygen atoms in total. The van der Waals surface area contributed by atoms with Crippen molar-refractivity contribution in [2.24, 2.45) is 5.73 Å². The van der Waals surface area contributed by atoms with Crippen LogP contribution in [-0.4, -0.2) is 19.4 Å². The normalized spacial score (nSPS) is 17.4. The molecule has 1 aliphatic rings. The van der Waals surface area contributed by atoms with Crippen LogP contribution >= 0.6 is 11.8 Å². The fourth-order valence-corrected chi connectivity index (χ4v) is 5.86. The largest absolute Gasteiger partial charge is 0.395 e. The molecule has 0 bridgehead atoms. The monoisotopic (exact) mass is 420 g/mol. The molecule has 0 aromatic heterocycles. The Morgan fingerprint density at radius 1 is 1.29 bits per heavy atom. The Balaban J connectivity index is 2.36. The number of nitriles is 1. The lowest BCUT2D eigenvalue weighted by Gasteiger charge is -2.17. The zero-order chi connectivity index (χ0) is 20.7. The predicted molar refractivity (Wildman–Crippen MR) is 116 cm³/mol. The summed E-state index contributed by atoms with van der Waals surface area (Å²) in [6, 6.07) is 9.79. The van der Waals surface area contributed by atoms with E-state index in [2.05, 4.69) is 6.07 Å². The third kappa shape index (κ3) is 5.12. The summed E-state index contributed by atoms with van der Waals surface area (Å²) >= 11 is 1.35. The number of benzene rings is 1. The number of aryl methyl sites for hydroxylation is 1. The highest BCUT2D eigenvalue weighted by Crippen LogP contribution is 2.40. The summed E-state index contributed by atoms with van der Waals surface area (Å²) in [7, 11) is -3.76. The van der Waals surface area contributed by atoms with Gasteiger partial charge in [0.1, 0.15) is 6.07 Å². The quantitative estimate of drug-likeness (QED) is 0.453. The fraction of sp³-hybridized carbons (Fsp3) is 0.476. The molecule has 0 fully saturated rings. The van der Waals surface area contributed by atoms with Crippen molar-refractivity contribution >= 4 is 27.5 Å². The molecule has 2 N–H and O–H groups in total. The van der Waals surface area contributed by atoms with E-state index in [1.165, 1.54) is 11.8 Å². The molecular formula is C21H28N2O3S2. The Hall–Kier alpha value is -1.91. The number of nitrogens with two attached hydrogens (primary N) is 1. The maximum absolute atomic E-state index is 12.8. The Kier molecular flexibility index (Phi) is 8.02. The maximum atomic E-state index is 12.8. The highest BCUT2D eigenvalue weighted by Gasteiger charge is 2.32. The number of nitrogens with zero attached hydrogens (tertiary/aromatic N) is 1. The summed E-state index contributed by atoms with van der Waals surface area (Å²) in [5, 5.41) is 9.17. The van der Waals surface area contributed by atoms with Crippen LogP contribution in [0.4, 0.5) is 0 Å². The van der Waals surface area contributed by atoms with E-state index in [9.17, 15) is 13.7 Å². The molecule has 0 aliphatic carbocycles. The Morgan fingerprint density at radius 2 is 2.00 bits per heavy atom. The van der Waals surface area contributed by atoms with Gasteiger partial charge in [-0.15, -0.1) is 11.8 Å². The molecule has 0 radical (unpaired) electrons. The van der Waals surface area contributed by atoms with Gasteiger partial charge in [-0.05, 0) is 30.9 Å². The minimum atomic E-state index is -3.76. The molecule has 1 aliphatic heterocycles. The highest BCUT2D eigenvalue weighted by molar-refractivity contribution is 8.04. The molecule has 152 valence electrons. The molecule has 7 heteroatoms. The lowest BCUT2D eigenvalue weighted by molar-refractivity contribution is 0.388. The van der Waals surface area contributed by atoms with Crippen molar-refractivity contribution in [3.05, 3.63) is 51.8 Å². The van der Waals surface area contributed by atoms with Gasteiger partial charge in [-0.3, -0.25) is 0 Å². The summed E-state index contributed by atoms with van der Waals surface area (Å²) in [5.41, 5.74) is 8.69. The Labute approximate surface area is 172 Å². The lowest BCUT2D eigenvalue weighted by atomic mass is 10.0. The van der Waals surface area contributed by atoms with Crippen LogP contribution in [0.1, 0.15) is 57.1 Å². The van der Waals surface area contributed by atoms with Crippen molar-refractivity contribution in [1.29, 1.82) is 5.26 Å². The number of unbranched alkanes of at least 4 members (excludes halogenated alkanes) is 1. The van der Waals surface area contributed by atoms with Gasteiger partial charge in [0.2, 0.25) is 0 Å². The SMILES string of the molecule is CCCCC(CCC)S(=O)(=O)OC1=C(N)C(=C(C#N)c2ccccc2C)SC1. The molecule has 28 heavy (non-hydrogen) atoms. The number of allylic oxidation sites excluding steroid dienone is 1. The molecule has 2 rings (SSSR count). The molecular weight excluding hydrogens is 392 g/mol. The molecule has 0 spiro atoms. The van der Waals surface area contributed by atoms with Crippen LogP contribution in [-0.2, 0) is 14.3 Å². The van der Waals surface area contributed by atoms with Crippen LogP contribution in [0.3, 0.4) is 0 Å². The first-order chi connectivity index (χ1) is 13.4. The van der Waals surface area contributed by atoms with Crippen LogP contribution in [0, 0.1) is 18.3 Å². The predicted octanol–water partition coefficient (Wildman–Crippen LogP) is 4.85. The molecule has 1 atom stereocenters. The molecule has 1 heterocycles. The second-order valence-corrected chi connectivity index (χ2v) is 9.69. The van der Waals surface area contributed by atoms with E-state index in [-0.39, 0.29) is 11.5 Å². The Bertz CT molecular complexity index is 912. The first kappa shape index (κ1) is 22.4. The van der Waals surface area contributed by atoms with Crippen LogP contribution < -0.4 is 5.73 Å². The van der Waals surface area contributed by atoms with Gasteiger partial charge in [0.15, 0.2) is 5.76 Å². The maximum Gasteiger partial charge on any atom is 0.311 e. The Morgan fingerprint density at radius 3 is 2.61 bits per heavy atom. The van der Waals surface area contributed by atoms with Crippen molar-refractivity contribution in [1.82, 2.24) is 0 Å². The van der Waals surface area contributed by atoms with Crippen LogP contribution in [0.25, 0.3) is 5.57 Å².